The quantitative estimate of drug-likeness (QED) is 0.886. The lowest BCUT2D eigenvalue weighted by Gasteiger charge is -2.14. The van der Waals surface area contributed by atoms with Gasteiger partial charge in [-0.05, 0) is 29.2 Å². The molecule has 0 saturated heterocycles. The third kappa shape index (κ3) is 3.36. The fourth-order valence-corrected chi connectivity index (χ4v) is 2.17. The lowest BCUT2D eigenvalue weighted by Crippen LogP contribution is -2.03. The number of methoxy groups -OCH3 is 1. The zero-order valence-corrected chi connectivity index (χ0v) is 11.5. The number of benzene rings is 2. The number of aryl methyl sites for hydroxylation is 1. The summed E-state index contributed by atoms with van der Waals surface area (Å²) in [5, 5.41) is 10.3. The fourth-order valence-electron chi connectivity index (χ4n) is 2.17. The molecule has 2 aromatic rings. The molecule has 0 fully saturated rings. The molecule has 1 unspecified atom stereocenters. The second kappa shape index (κ2) is 6.39. The Balaban J connectivity index is 2.13. The summed E-state index contributed by atoms with van der Waals surface area (Å²) in [6, 6.07) is 15.9. The summed E-state index contributed by atoms with van der Waals surface area (Å²) in [4.78, 5) is 0. The van der Waals surface area contributed by atoms with Gasteiger partial charge in [-0.25, -0.2) is 0 Å². The predicted molar refractivity (Wildman–Crippen MR) is 77.5 cm³/mol. The van der Waals surface area contributed by atoms with Gasteiger partial charge in [-0.15, -0.1) is 0 Å². The van der Waals surface area contributed by atoms with Gasteiger partial charge in [0.2, 0.25) is 0 Å². The maximum atomic E-state index is 10.3. The third-order valence-corrected chi connectivity index (χ3v) is 3.38. The Morgan fingerprint density at radius 1 is 1.05 bits per heavy atom. The minimum absolute atomic E-state index is 0.498. The van der Waals surface area contributed by atoms with E-state index in [-0.39, 0.29) is 0 Å². The molecule has 0 bridgehead atoms. The normalized spacial score (nSPS) is 12.2. The average molecular weight is 256 g/mol. The van der Waals surface area contributed by atoms with E-state index in [4.69, 9.17) is 4.74 Å². The van der Waals surface area contributed by atoms with Gasteiger partial charge in [-0.1, -0.05) is 49.4 Å². The van der Waals surface area contributed by atoms with Gasteiger partial charge >= 0.3 is 0 Å². The number of hydrogen-bond acceptors (Lipinski definition) is 2. The molecule has 0 radical (unpaired) electrons. The summed E-state index contributed by atoms with van der Waals surface area (Å²) in [6.45, 7) is 2.13. The van der Waals surface area contributed by atoms with Crippen molar-refractivity contribution in [1.29, 1.82) is 0 Å². The Hall–Kier alpha value is -1.80. The highest BCUT2D eigenvalue weighted by Gasteiger charge is 2.11. The van der Waals surface area contributed by atoms with Crippen LogP contribution in [0.25, 0.3) is 0 Å². The number of aliphatic hydroxyl groups excluding tert-OH is 1. The smallest absolute Gasteiger partial charge is 0.122 e. The molecule has 0 aliphatic carbocycles. The first-order valence-electron chi connectivity index (χ1n) is 6.63. The first-order valence-corrected chi connectivity index (χ1v) is 6.63. The van der Waals surface area contributed by atoms with Crippen molar-refractivity contribution in [2.24, 2.45) is 0 Å². The van der Waals surface area contributed by atoms with Crippen LogP contribution in [0.4, 0.5) is 0 Å². The molecule has 0 aromatic heterocycles. The first-order chi connectivity index (χ1) is 9.24. The maximum Gasteiger partial charge on any atom is 0.122 e. The second-order valence-corrected chi connectivity index (χ2v) is 4.63. The maximum absolute atomic E-state index is 10.3. The van der Waals surface area contributed by atoms with Crippen molar-refractivity contribution in [1.82, 2.24) is 0 Å². The van der Waals surface area contributed by atoms with Crippen LogP contribution in [0.3, 0.4) is 0 Å². The van der Waals surface area contributed by atoms with Crippen LogP contribution in [0, 0.1) is 0 Å². The van der Waals surface area contributed by atoms with Gasteiger partial charge in [0.05, 0.1) is 13.2 Å². The molecule has 0 amide bonds. The lowest BCUT2D eigenvalue weighted by atomic mass is 9.99. The third-order valence-electron chi connectivity index (χ3n) is 3.38. The van der Waals surface area contributed by atoms with Crippen LogP contribution in [-0.4, -0.2) is 12.2 Å². The van der Waals surface area contributed by atoms with Gasteiger partial charge in [0, 0.05) is 6.42 Å². The molecule has 0 aliphatic heterocycles. The fraction of sp³-hybridized carbons (Fsp3) is 0.294. The molecule has 2 aromatic carbocycles. The van der Waals surface area contributed by atoms with Gasteiger partial charge < -0.3 is 9.84 Å². The van der Waals surface area contributed by atoms with Crippen LogP contribution >= 0.6 is 0 Å². The van der Waals surface area contributed by atoms with E-state index in [9.17, 15) is 5.11 Å². The second-order valence-electron chi connectivity index (χ2n) is 4.63. The van der Waals surface area contributed by atoms with Crippen LogP contribution in [-0.2, 0) is 12.8 Å². The van der Waals surface area contributed by atoms with E-state index in [1.807, 2.05) is 36.4 Å². The van der Waals surface area contributed by atoms with Gasteiger partial charge in [0.1, 0.15) is 5.75 Å². The largest absolute Gasteiger partial charge is 0.496 e. The Morgan fingerprint density at radius 2 is 1.74 bits per heavy atom. The van der Waals surface area contributed by atoms with E-state index in [0.717, 1.165) is 23.3 Å². The molecule has 1 atom stereocenters. The minimum Gasteiger partial charge on any atom is -0.496 e. The molecule has 0 saturated carbocycles. The first kappa shape index (κ1) is 13.6. The van der Waals surface area contributed by atoms with Crippen molar-refractivity contribution in [3.05, 3.63) is 65.2 Å². The summed E-state index contributed by atoms with van der Waals surface area (Å²) < 4.78 is 5.31. The average Bonchev–Trinajstić information content (AvgIpc) is 2.48. The van der Waals surface area contributed by atoms with E-state index in [1.54, 1.807) is 7.11 Å². The highest BCUT2D eigenvalue weighted by molar-refractivity contribution is 5.35. The number of aliphatic hydroxyl groups is 1. The Bertz CT molecular complexity index is 517. The van der Waals surface area contributed by atoms with Crippen molar-refractivity contribution in [2.45, 2.75) is 25.9 Å². The Kier molecular flexibility index (Phi) is 4.58. The molecular formula is C17H20O2. The highest BCUT2D eigenvalue weighted by atomic mass is 16.5. The molecular weight excluding hydrogens is 236 g/mol. The zero-order chi connectivity index (χ0) is 13.7. The standard InChI is InChI=1S/C17H20O2/c1-3-13-8-10-14(11-9-13)16(18)12-15-6-4-5-7-17(15)19-2/h4-11,16,18H,3,12H2,1-2H3. The predicted octanol–water partition coefficient (Wildman–Crippen LogP) is 3.53. The molecule has 19 heavy (non-hydrogen) atoms. The molecule has 2 rings (SSSR count). The molecule has 0 spiro atoms. The number of rotatable bonds is 5. The van der Waals surface area contributed by atoms with Gasteiger partial charge in [0.15, 0.2) is 0 Å². The van der Waals surface area contributed by atoms with Crippen LogP contribution < -0.4 is 4.74 Å². The van der Waals surface area contributed by atoms with Crippen LogP contribution in [0.1, 0.15) is 29.7 Å². The summed E-state index contributed by atoms with van der Waals surface area (Å²) in [5.41, 5.74) is 3.26. The summed E-state index contributed by atoms with van der Waals surface area (Å²) >= 11 is 0. The van der Waals surface area contributed by atoms with Crippen LogP contribution in [0.5, 0.6) is 5.75 Å². The van der Waals surface area contributed by atoms with Crippen LogP contribution in [0.2, 0.25) is 0 Å². The monoisotopic (exact) mass is 256 g/mol. The van der Waals surface area contributed by atoms with Gasteiger partial charge in [-0.2, -0.15) is 0 Å². The van der Waals surface area contributed by atoms with Crippen LogP contribution in [0.15, 0.2) is 48.5 Å². The Morgan fingerprint density at radius 3 is 2.37 bits per heavy atom. The van der Waals surface area contributed by atoms with Crippen molar-refractivity contribution < 1.29 is 9.84 Å². The van der Waals surface area contributed by atoms with Crippen molar-refractivity contribution in [3.8, 4) is 5.75 Å². The van der Waals surface area contributed by atoms with Crippen molar-refractivity contribution in [2.75, 3.05) is 7.11 Å². The topological polar surface area (TPSA) is 29.5 Å². The number of ether oxygens (including phenoxy) is 1. The van der Waals surface area contributed by atoms with Crippen molar-refractivity contribution >= 4 is 0 Å². The van der Waals surface area contributed by atoms with E-state index in [2.05, 4.69) is 19.1 Å². The number of hydrogen-bond donors (Lipinski definition) is 1. The number of para-hydroxylation sites is 1. The van der Waals surface area contributed by atoms with E-state index >= 15 is 0 Å². The summed E-state index contributed by atoms with van der Waals surface area (Å²) in [5.74, 6) is 0.826. The zero-order valence-electron chi connectivity index (χ0n) is 11.5. The van der Waals surface area contributed by atoms with E-state index in [0.29, 0.717) is 6.42 Å². The summed E-state index contributed by atoms with van der Waals surface area (Å²) in [7, 11) is 1.65. The molecule has 0 heterocycles. The molecule has 0 aliphatic rings. The highest BCUT2D eigenvalue weighted by Crippen LogP contribution is 2.25. The van der Waals surface area contributed by atoms with E-state index < -0.39 is 6.10 Å². The lowest BCUT2D eigenvalue weighted by molar-refractivity contribution is 0.177. The summed E-state index contributed by atoms with van der Waals surface area (Å²) in [6.07, 6.45) is 1.08. The van der Waals surface area contributed by atoms with Crippen molar-refractivity contribution in [3.63, 3.8) is 0 Å². The van der Waals surface area contributed by atoms with Gasteiger partial charge in [0.25, 0.3) is 0 Å². The molecule has 2 nitrogen and oxygen atoms in total. The minimum atomic E-state index is -0.498. The van der Waals surface area contributed by atoms with E-state index in [1.165, 1.54) is 5.56 Å². The SMILES string of the molecule is CCc1ccc(C(O)Cc2ccccc2OC)cc1. The van der Waals surface area contributed by atoms with Gasteiger partial charge in [-0.3, -0.25) is 0 Å². The molecule has 100 valence electrons. The molecule has 1 N–H and O–H groups in total. The Labute approximate surface area is 114 Å². The molecule has 2 heteroatoms.